The second-order valence-electron chi connectivity index (χ2n) is 27.8. The predicted octanol–water partition coefficient (Wildman–Crippen LogP) is 9.00. The van der Waals surface area contributed by atoms with Crippen molar-refractivity contribution < 1.29 is 101 Å². The van der Waals surface area contributed by atoms with Crippen molar-refractivity contribution >= 4 is 34.1 Å². The van der Waals surface area contributed by atoms with Crippen LogP contribution in [0.15, 0.2) is 97.1 Å². The summed E-state index contributed by atoms with van der Waals surface area (Å²) in [4.78, 5) is 46.1. The maximum absolute atomic E-state index is 12.9. The van der Waals surface area contributed by atoms with Crippen LogP contribution < -0.4 is 42.0 Å². The third-order valence-electron chi connectivity index (χ3n) is 17.0. The number of benzene rings is 4. The average Bonchev–Trinajstić information content (AvgIpc) is 2.44. The number of Topliss-reactive ketones (excluding diaryl/α,β-unsaturated/α-hetero) is 2. The largest absolute Gasteiger partial charge is 1.00 e. The summed E-state index contributed by atoms with van der Waals surface area (Å²) in [6.07, 6.45) is 6.14. The summed E-state index contributed by atoms with van der Waals surface area (Å²) >= 11 is 0. The third kappa shape index (κ3) is 19.8. The van der Waals surface area contributed by atoms with Crippen LogP contribution in [0.4, 0.5) is 17.6 Å². The molecule has 8 saturated carbocycles. The molecule has 8 aliphatic carbocycles. The first-order valence-electron chi connectivity index (χ1n) is 28.4. The molecule has 8 fully saturated rings. The van der Waals surface area contributed by atoms with E-state index in [1.54, 1.807) is 0 Å². The van der Waals surface area contributed by atoms with Crippen LogP contribution in [-0.2, 0) is 73.8 Å². The Morgan fingerprint density at radius 3 is 0.988 bits per heavy atom. The van der Waals surface area contributed by atoms with Crippen molar-refractivity contribution in [2.75, 3.05) is 0 Å². The smallest absolute Gasteiger partial charge is 1.00 e. The molecule has 8 aliphatic rings. The number of halogens is 5. The van der Waals surface area contributed by atoms with Crippen LogP contribution in [0.3, 0.4) is 0 Å². The van der Waals surface area contributed by atoms with Crippen molar-refractivity contribution in [2.24, 2.45) is 35.5 Å². The van der Waals surface area contributed by atoms with E-state index in [1.807, 2.05) is 0 Å². The Kier molecular flexibility index (Phi) is 23.9. The summed E-state index contributed by atoms with van der Waals surface area (Å²) in [5.74, 6) is -5.49. The molecule has 4 aromatic carbocycles. The molecule has 0 aliphatic heterocycles. The molecule has 0 heterocycles. The van der Waals surface area contributed by atoms with Gasteiger partial charge in [0, 0.05) is 42.6 Å². The summed E-state index contributed by atoms with van der Waals surface area (Å²) in [5, 5.41) is 0. The number of rotatable bonds is 9. The van der Waals surface area contributed by atoms with Crippen molar-refractivity contribution in [3.8, 4) is 0 Å². The minimum atomic E-state index is -3.45. The van der Waals surface area contributed by atoms with Gasteiger partial charge in [0.1, 0.15) is 28.2 Å². The van der Waals surface area contributed by atoms with Gasteiger partial charge in [0.25, 0.3) is 0 Å². The van der Waals surface area contributed by atoms with E-state index in [1.165, 1.54) is 44.5 Å². The summed E-state index contributed by atoms with van der Waals surface area (Å²) in [7, 11) is -3.11. The van der Waals surface area contributed by atoms with Gasteiger partial charge < -0.3 is 30.7 Å². The van der Waals surface area contributed by atoms with Crippen LogP contribution >= 0.6 is 0 Å². The van der Waals surface area contributed by atoms with Gasteiger partial charge in [0.15, 0.2) is 0 Å². The fraction of sp³-hybridized carbons (Fsp3) is 0.552. The number of ether oxygens (including phenoxy) is 2. The second kappa shape index (κ2) is 27.9. The van der Waals surface area contributed by atoms with Crippen molar-refractivity contribution in [3.05, 3.63) is 155 Å². The van der Waals surface area contributed by atoms with Crippen LogP contribution in [-0.4, -0.2) is 53.3 Å². The number of hydrogen-bond donors (Lipinski definition) is 0. The van der Waals surface area contributed by atoms with E-state index in [9.17, 15) is 36.7 Å². The van der Waals surface area contributed by atoms with Crippen molar-refractivity contribution in [1.29, 1.82) is 0 Å². The van der Waals surface area contributed by atoms with E-state index < -0.39 is 46.1 Å². The zero-order valence-electron chi connectivity index (χ0n) is 50.9. The van der Waals surface area contributed by atoms with E-state index in [0.29, 0.717) is 57.3 Å². The molecule has 4 aromatic rings. The number of esters is 2. The van der Waals surface area contributed by atoms with Gasteiger partial charge in [-0.2, -0.15) is 8.78 Å². The molecular weight excluding hydrogens is 1120 g/mol. The minimum Gasteiger partial charge on any atom is -1.00 e. The molecule has 448 valence electrons. The molecule has 9 nitrogen and oxygen atoms in total. The van der Waals surface area contributed by atoms with Gasteiger partial charge in [0.05, 0.1) is 6.92 Å². The number of alkyl halides is 2. The molecule has 12 rings (SSSR count). The van der Waals surface area contributed by atoms with Crippen LogP contribution in [0.5, 0.6) is 0 Å². The molecule has 4 atom stereocenters. The Morgan fingerprint density at radius 1 is 0.506 bits per heavy atom. The monoisotopic (exact) mass is 1200 g/mol. The molecule has 0 saturated heterocycles. The summed E-state index contributed by atoms with van der Waals surface area (Å²) in [5.41, 5.74) is 10.0. The molecule has 83 heavy (non-hydrogen) atoms. The number of carbonyl (C=O) groups excluding carboxylic acids is 4. The Morgan fingerprint density at radius 2 is 0.759 bits per heavy atom. The molecule has 0 radical (unpaired) electrons. The van der Waals surface area contributed by atoms with Crippen molar-refractivity contribution in [1.82, 2.24) is 0 Å². The van der Waals surface area contributed by atoms with E-state index >= 15 is 0 Å². The quantitative estimate of drug-likeness (QED) is 0.0696. The average molecular weight is 1200 g/mol. The standard InChI is InChI=1S/C21H28.C21H27.C13H16F2O3.C12H13F2O3.ClH.Na.O3S/c2*1-20(2,3)18-11-7-16(8-12-18)15-17-9-13-19(14-10-17)21(4,5)6;1-12(14,15)11(17)18-13-4-7-2-8(5-13)10(16)9(3-7)6-13;13-10(14)11(16)17-12-3-6-1-7(4-12)9(15)8(2-6)5-12;;;1-4(2)3/h7-14H,15H2,1-6H3;7-14H,1,15H2,2-6H3;7-9H,2-6H2,1H3;6-8H,1-5H2;1H;;/q;+1;;-1;;+1;/p-1. The first kappa shape index (κ1) is 71.0. The molecule has 16 heteroatoms. The van der Waals surface area contributed by atoms with Crippen LogP contribution in [0.1, 0.15) is 192 Å². The number of hydrogen-bond acceptors (Lipinski definition) is 9. The minimum absolute atomic E-state index is 0. The first-order chi connectivity index (χ1) is 37.3. The molecule has 0 amide bonds. The SMILES string of the molecule is CC(C)(C)c1ccc(Cc2ccc(C(C)(C)C)cc2)cc1.CC(F)(F)C(=O)OC12CC3CC(C1)C(=O)C(C3)C2.O=C(OC12CC3CC(C1)C(=O)C(C3)C2)[C-](F)F.O=S(=O)=O.[CH2+]C(C)(C)c1ccc(Cc2ccc(C(C)(C)C)cc2)cc1.[Cl-].[Na+]. The second-order valence-corrected chi connectivity index (χ2v) is 28.2. The van der Waals surface area contributed by atoms with Gasteiger partial charge in [-0.3, -0.25) is 14.4 Å². The van der Waals surface area contributed by atoms with E-state index in [-0.39, 0.29) is 98.9 Å². The molecule has 0 N–H and O–H groups in total. The zero-order valence-corrected chi connectivity index (χ0v) is 54.4. The molecular formula is C67H84ClF4NaO9S. The van der Waals surface area contributed by atoms with Crippen LogP contribution in [0.2, 0.25) is 0 Å². The van der Waals surface area contributed by atoms with Crippen LogP contribution in [0, 0.1) is 48.9 Å². The Hall–Kier alpha value is -4.47. The third-order valence-corrected chi connectivity index (χ3v) is 17.0. The Labute approximate surface area is 520 Å². The van der Waals surface area contributed by atoms with Gasteiger partial charge in [-0.15, -0.1) is 12.6 Å². The fourth-order valence-corrected chi connectivity index (χ4v) is 13.0. The Bertz CT molecular complexity index is 2690. The zero-order chi connectivity index (χ0) is 60.3. The van der Waals surface area contributed by atoms with Crippen LogP contribution in [0.25, 0.3) is 0 Å². The van der Waals surface area contributed by atoms with Gasteiger partial charge in [-0.1, -0.05) is 159 Å². The molecule has 0 aromatic heterocycles. The van der Waals surface area contributed by atoms with Gasteiger partial charge >= 0.3 is 52.1 Å². The molecule has 8 bridgehead atoms. The summed E-state index contributed by atoms with van der Waals surface area (Å²) < 4.78 is 85.6. The number of carbonyl (C=O) groups is 4. The topological polar surface area (TPSA) is 138 Å². The van der Waals surface area contributed by atoms with Gasteiger partial charge in [0.2, 0.25) is 5.97 Å². The maximum atomic E-state index is 12.9. The normalized spacial score (nSPS) is 24.5. The van der Waals surface area contributed by atoms with Crippen molar-refractivity contribution in [2.45, 2.75) is 199 Å². The summed E-state index contributed by atoms with van der Waals surface area (Å²) in [6, 6.07) is 35.9. The predicted molar refractivity (Wildman–Crippen MR) is 306 cm³/mol. The Balaban J connectivity index is 0.000000231. The van der Waals surface area contributed by atoms with E-state index in [4.69, 9.17) is 22.1 Å². The van der Waals surface area contributed by atoms with Gasteiger partial charge in [-0.25, -0.2) is 4.79 Å². The summed E-state index contributed by atoms with van der Waals surface area (Å²) in [6.45, 7) is 29.3. The van der Waals surface area contributed by atoms with E-state index in [2.05, 4.69) is 180 Å². The number of ketones is 2. The maximum Gasteiger partial charge on any atom is 1.00 e. The molecule has 0 spiro atoms. The molecule has 4 unspecified atom stereocenters. The van der Waals surface area contributed by atoms with Crippen molar-refractivity contribution in [3.63, 3.8) is 0 Å². The fourth-order valence-electron chi connectivity index (χ4n) is 13.0. The van der Waals surface area contributed by atoms with Gasteiger partial charge in [-0.05, 0) is 158 Å². The first-order valence-corrected chi connectivity index (χ1v) is 29.4. The van der Waals surface area contributed by atoms with E-state index in [0.717, 1.165) is 38.5 Å².